The Morgan fingerprint density at radius 3 is 2.65 bits per heavy atom. The van der Waals surface area contributed by atoms with E-state index in [0.717, 1.165) is 25.9 Å². The number of aromatic nitrogens is 2. The fourth-order valence-corrected chi connectivity index (χ4v) is 2.34. The van der Waals surface area contributed by atoms with Gasteiger partial charge in [-0.3, -0.25) is 9.59 Å². The van der Waals surface area contributed by atoms with Crippen LogP contribution in [0.3, 0.4) is 0 Å². The maximum Gasteiger partial charge on any atom is 0.254 e. The molecule has 1 aromatic heterocycles. The van der Waals surface area contributed by atoms with E-state index in [1.807, 2.05) is 4.90 Å². The number of hydrogen-bond acceptors (Lipinski definition) is 4. The van der Waals surface area contributed by atoms with Gasteiger partial charge >= 0.3 is 0 Å². The largest absolute Gasteiger partial charge is 0.351 e. The monoisotopic (exact) mass is 316 g/mol. The predicted molar refractivity (Wildman–Crippen MR) is 74.8 cm³/mol. The van der Waals surface area contributed by atoms with Gasteiger partial charge in [0.1, 0.15) is 0 Å². The van der Waals surface area contributed by atoms with Gasteiger partial charge in [-0.05, 0) is 18.9 Å². The Morgan fingerprint density at radius 1 is 1.25 bits per heavy atom. The van der Waals surface area contributed by atoms with Crippen LogP contribution in [0.2, 0.25) is 10.3 Å². The van der Waals surface area contributed by atoms with Gasteiger partial charge in [0.25, 0.3) is 5.91 Å². The standard InChI is InChI=1S/C12H14Cl2N4O2/c13-9-7-8(11(14)17-16-9)12(20)15-4-3-10(19)18-5-1-2-6-18/h7H,1-6H2,(H,15,20). The lowest BCUT2D eigenvalue weighted by molar-refractivity contribution is -0.129. The highest BCUT2D eigenvalue weighted by atomic mass is 35.5. The molecule has 8 heteroatoms. The highest BCUT2D eigenvalue weighted by molar-refractivity contribution is 6.34. The first-order valence-corrected chi connectivity index (χ1v) is 7.08. The van der Waals surface area contributed by atoms with Gasteiger partial charge in [-0.2, -0.15) is 0 Å². The lowest BCUT2D eigenvalue weighted by Crippen LogP contribution is -2.32. The van der Waals surface area contributed by atoms with Crippen LogP contribution < -0.4 is 5.32 Å². The van der Waals surface area contributed by atoms with Crippen molar-refractivity contribution in [2.75, 3.05) is 19.6 Å². The number of carbonyl (C=O) groups is 2. The smallest absolute Gasteiger partial charge is 0.254 e. The maximum absolute atomic E-state index is 11.9. The van der Waals surface area contributed by atoms with Crippen LogP contribution in [0.25, 0.3) is 0 Å². The highest BCUT2D eigenvalue weighted by Gasteiger charge is 2.18. The Kier molecular flexibility index (Phi) is 5.14. The number of hydrogen-bond donors (Lipinski definition) is 1. The number of nitrogens with zero attached hydrogens (tertiary/aromatic N) is 3. The van der Waals surface area contributed by atoms with Crippen LogP contribution in [0, 0.1) is 0 Å². The maximum atomic E-state index is 11.9. The zero-order valence-corrected chi connectivity index (χ0v) is 12.2. The molecule has 2 rings (SSSR count). The first-order chi connectivity index (χ1) is 9.58. The minimum atomic E-state index is -0.416. The molecule has 6 nitrogen and oxygen atoms in total. The molecule has 1 aromatic rings. The Hall–Kier alpha value is -1.40. The van der Waals surface area contributed by atoms with Crippen molar-refractivity contribution in [1.29, 1.82) is 0 Å². The molecule has 0 aromatic carbocycles. The normalized spacial score (nSPS) is 14.4. The van der Waals surface area contributed by atoms with Gasteiger partial charge in [0.05, 0.1) is 5.56 Å². The number of nitrogens with one attached hydrogen (secondary N) is 1. The molecule has 2 amide bonds. The summed E-state index contributed by atoms with van der Waals surface area (Å²) in [6.45, 7) is 1.87. The zero-order valence-electron chi connectivity index (χ0n) is 10.7. The second-order valence-corrected chi connectivity index (χ2v) is 5.21. The van der Waals surface area contributed by atoms with Crippen molar-refractivity contribution >= 4 is 35.0 Å². The summed E-state index contributed by atoms with van der Waals surface area (Å²) >= 11 is 11.4. The Bertz CT molecular complexity index is 518. The van der Waals surface area contributed by atoms with E-state index in [1.54, 1.807) is 0 Å². The molecule has 0 atom stereocenters. The minimum absolute atomic E-state index is 0.0160. The van der Waals surface area contributed by atoms with Gasteiger partial charge in [-0.25, -0.2) is 0 Å². The van der Waals surface area contributed by atoms with E-state index in [-0.39, 0.29) is 34.7 Å². The fraction of sp³-hybridized carbons (Fsp3) is 0.500. The Morgan fingerprint density at radius 2 is 1.95 bits per heavy atom. The number of halogens is 2. The third kappa shape index (κ3) is 3.80. The molecule has 2 heterocycles. The first kappa shape index (κ1) is 15.0. The summed E-state index contributed by atoms with van der Waals surface area (Å²) in [6.07, 6.45) is 2.37. The second kappa shape index (κ2) is 6.85. The Labute approximate surface area is 126 Å². The molecular formula is C12H14Cl2N4O2. The fourth-order valence-electron chi connectivity index (χ4n) is 2.02. The molecule has 1 N–H and O–H groups in total. The molecule has 20 heavy (non-hydrogen) atoms. The molecule has 0 bridgehead atoms. The van der Waals surface area contributed by atoms with Crippen LogP contribution in [0.4, 0.5) is 0 Å². The van der Waals surface area contributed by atoms with Gasteiger partial charge in [0.2, 0.25) is 5.91 Å². The number of likely N-dealkylation sites (tertiary alicyclic amines) is 1. The van der Waals surface area contributed by atoms with E-state index in [9.17, 15) is 9.59 Å². The summed E-state index contributed by atoms with van der Waals surface area (Å²) in [6, 6.07) is 1.34. The molecule has 0 saturated carbocycles. The Balaban J connectivity index is 1.83. The second-order valence-electron chi connectivity index (χ2n) is 4.47. The van der Waals surface area contributed by atoms with E-state index in [2.05, 4.69) is 15.5 Å². The highest BCUT2D eigenvalue weighted by Crippen LogP contribution is 2.15. The van der Waals surface area contributed by atoms with Crippen LogP contribution in [0.15, 0.2) is 6.07 Å². The lowest BCUT2D eigenvalue weighted by atomic mass is 10.3. The minimum Gasteiger partial charge on any atom is -0.351 e. The van der Waals surface area contributed by atoms with Crippen molar-refractivity contribution in [2.45, 2.75) is 19.3 Å². The molecule has 0 aliphatic carbocycles. The molecular weight excluding hydrogens is 303 g/mol. The average Bonchev–Trinajstić information content (AvgIpc) is 2.95. The third-order valence-corrected chi connectivity index (χ3v) is 3.51. The molecule has 1 saturated heterocycles. The summed E-state index contributed by atoms with van der Waals surface area (Å²) in [7, 11) is 0. The molecule has 0 spiro atoms. The molecule has 0 unspecified atom stereocenters. The first-order valence-electron chi connectivity index (χ1n) is 6.32. The quantitative estimate of drug-likeness (QED) is 0.914. The summed E-state index contributed by atoms with van der Waals surface area (Å²) in [5.74, 6) is -0.360. The van der Waals surface area contributed by atoms with Gasteiger partial charge in [0, 0.05) is 26.1 Å². The summed E-state index contributed by atoms with van der Waals surface area (Å²) < 4.78 is 0. The van der Waals surface area contributed by atoms with E-state index in [4.69, 9.17) is 23.2 Å². The number of amides is 2. The van der Waals surface area contributed by atoms with Crippen molar-refractivity contribution in [3.63, 3.8) is 0 Å². The molecule has 108 valence electrons. The number of rotatable bonds is 4. The summed E-state index contributed by atoms with van der Waals surface area (Å²) in [4.78, 5) is 25.5. The molecule has 0 radical (unpaired) electrons. The number of carbonyl (C=O) groups excluding carboxylic acids is 2. The van der Waals surface area contributed by atoms with Crippen molar-refractivity contribution in [2.24, 2.45) is 0 Å². The third-order valence-electron chi connectivity index (χ3n) is 3.05. The molecule has 1 aliphatic heterocycles. The van der Waals surface area contributed by atoms with Crippen LogP contribution in [0.5, 0.6) is 0 Å². The average molecular weight is 317 g/mol. The van der Waals surface area contributed by atoms with Crippen molar-refractivity contribution in [1.82, 2.24) is 20.4 Å². The van der Waals surface area contributed by atoms with Crippen LogP contribution >= 0.6 is 23.2 Å². The van der Waals surface area contributed by atoms with Gasteiger partial charge in [0.15, 0.2) is 10.3 Å². The SMILES string of the molecule is O=C(NCCC(=O)N1CCCC1)c1cc(Cl)nnc1Cl. The van der Waals surface area contributed by atoms with Crippen LogP contribution in [0.1, 0.15) is 29.6 Å². The van der Waals surface area contributed by atoms with Crippen LogP contribution in [-0.4, -0.2) is 46.5 Å². The molecule has 1 aliphatic rings. The van der Waals surface area contributed by atoms with Gasteiger partial charge in [-0.1, -0.05) is 23.2 Å². The molecule has 1 fully saturated rings. The summed E-state index contributed by atoms with van der Waals surface area (Å²) in [5.41, 5.74) is 0.153. The predicted octanol–water partition coefficient (Wildman–Crippen LogP) is 1.53. The van der Waals surface area contributed by atoms with Gasteiger partial charge in [-0.15, -0.1) is 10.2 Å². The van der Waals surface area contributed by atoms with Crippen LogP contribution in [-0.2, 0) is 4.79 Å². The lowest BCUT2D eigenvalue weighted by Gasteiger charge is -2.15. The van der Waals surface area contributed by atoms with E-state index >= 15 is 0 Å². The van der Waals surface area contributed by atoms with E-state index < -0.39 is 5.91 Å². The summed E-state index contributed by atoms with van der Waals surface area (Å²) in [5, 5.41) is 9.78. The van der Waals surface area contributed by atoms with E-state index in [0.29, 0.717) is 0 Å². The van der Waals surface area contributed by atoms with Crippen molar-refractivity contribution < 1.29 is 9.59 Å². The van der Waals surface area contributed by atoms with E-state index in [1.165, 1.54) is 6.07 Å². The zero-order chi connectivity index (χ0) is 14.5. The topological polar surface area (TPSA) is 75.2 Å². The van der Waals surface area contributed by atoms with Gasteiger partial charge < -0.3 is 10.2 Å². The van der Waals surface area contributed by atoms with Crippen molar-refractivity contribution in [3.05, 3.63) is 21.9 Å². The van der Waals surface area contributed by atoms with Crippen molar-refractivity contribution in [3.8, 4) is 0 Å².